The average Bonchev–Trinajstić information content (AvgIpc) is 2.89. The summed E-state index contributed by atoms with van der Waals surface area (Å²) in [5.74, 6) is -1.28. The van der Waals surface area contributed by atoms with Crippen LogP contribution in [0.15, 0.2) is 24.3 Å². The summed E-state index contributed by atoms with van der Waals surface area (Å²) in [6.07, 6.45) is -3.83. The summed E-state index contributed by atoms with van der Waals surface area (Å²) >= 11 is 0. The molecule has 2 rings (SSSR count). The van der Waals surface area contributed by atoms with Gasteiger partial charge in [0.1, 0.15) is 0 Å². The molecule has 0 bridgehead atoms. The predicted octanol–water partition coefficient (Wildman–Crippen LogP) is 2.11. The van der Waals surface area contributed by atoms with E-state index in [9.17, 15) is 18.0 Å². The Labute approximate surface area is 120 Å². The molecule has 1 aliphatic rings. The van der Waals surface area contributed by atoms with Crippen LogP contribution in [-0.2, 0) is 11.0 Å². The number of rotatable bonds is 4. The van der Waals surface area contributed by atoms with Gasteiger partial charge in [-0.15, -0.1) is 0 Å². The molecule has 1 aromatic carbocycles. The summed E-state index contributed by atoms with van der Waals surface area (Å²) in [4.78, 5) is 12.9. The second-order valence-corrected chi connectivity index (χ2v) is 5.19. The Kier molecular flexibility index (Phi) is 4.53. The van der Waals surface area contributed by atoms with E-state index in [0.717, 1.165) is 12.1 Å². The van der Waals surface area contributed by atoms with Crippen LogP contribution in [0, 0.1) is 5.92 Å². The Balaban J connectivity index is 2.13. The molecule has 0 spiro atoms. The number of nitrogens with zero attached hydrogens (tertiary/aromatic N) is 1. The maximum absolute atomic E-state index is 12.5. The zero-order valence-corrected chi connectivity index (χ0v) is 11.3. The minimum absolute atomic E-state index is 0.234. The molecule has 0 amide bonds. The van der Waals surface area contributed by atoms with Crippen molar-refractivity contribution >= 4 is 5.97 Å². The lowest BCUT2D eigenvalue weighted by Gasteiger charge is -2.27. The first-order valence-corrected chi connectivity index (χ1v) is 6.67. The van der Waals surface area contributed by atoms with E-state index in [1.807, 2.05) is 4.90 Å². The predicted molar refractivity (Wildman–Crippen MR) is 70.6 cm³/mol. The highest BCUT2D eigenvalue weighted by atomic mass is 19.4. The van der Waals surface area contributed by atoms with Crippen molar-refractivity contribution in [2.45, 2.75) is 18.6 Å². The molecule has 21 heavy (non-hydrogen) atoms. The third-order valence-corrected chi connectivity index (χ3v) is 3.86. The Bertz CT molecular complexity index is 502. The molecule has 4 nitrogen and oxygen atoms in total. The molecule has 1 aromatic rings. The molecule has 2 atom stereocenters. The number of benzene rings is 1. The lowest BCUT2D eigenvalue weighted by atomic mass is 10.0. The zero-order valence-electron chi connectivity index (χ0n) is 11.3. The van der Waals surface area contributed by atoms with Gasteiger partial charge in [0.15, 0.2) is 0 Å². The van der Waals surface area contributed by atoms with Crippen molar-refractivity contribution in [3.8, 4) is 0 Å². The Morgan fingerprint density at radius 2 is 2.00 bits per heavy atom. The molecule has 0 saturated carbocycles. The second kappa shape index (κ2) is 6.03. The fourth-order valence-electron chi connectivity index (χ4n) is 2.66. The first-order valence-electron chi connectivity index (χ1n) is 6.67. The molecular formula is C14H17F3N2O2. The standard InChI is InChI=1S/C14H17F3N2O2/c15-14(16,17)11-3-1-9(2-4-11)12(7-18)19-6-5-10(8-19)13(20)21/h1-4,10,12H,5-8,18H2,(H,20,21)/t10-,12+/m1/s1. The zero-order chi connectivity index (χ0) is 15.6. The van der Waals surface area contributed by atoms with Crippen LogP contribution in [-0.4, -0.2) is 35.6 Å². The van der Waals surface area contributed by atoms with E-state index in [0.29, 0.717) is 25.1 Å². The first-order chi connectivity index (χ1) is 9.82. The molecular weight excluding hydrogens is 285 g/mol. The Morgan fingerprint density at radius 3 is 2.43 bits per heavy atom. The van der Waals surface area contributed by atoms with E-state index in [-0.39, 0.29) is 12.6 Å². The van der Waals surface area contributed by atoms with E-state index >= 15 is 0 Å². The number of aliphatic carboxylic acids is 1. The van der Waals surface area contributed by atoms with Crippen molar-refractivity contribution in [3.05, 3.63) is 35.4 Å². The quantitative estimate of drug-likeness (QED) is 0.894. The van der Waals surface area contributed by atoms with Crippen LogP contribution in [0.2, 0.25) is 0 Å². The van der Waals surface area contributed by atoms with E-state index < -0.39 is 23.6 Å². The summed E-state index contributed by atoms with van der Waals surface area (Å²) < 4.78 is 37.6. The van der Waals surface area contributed by atoms with E-state index in [1.54, 1.807) is 0 Å². The van der Waals surface area contributed by atoms with Crippen molar-refractivity contribution in [3.63, 3.8) is 0 Å². The molecule has 1 fully saturated rings. The Morgan fingerprint density at radius 1 is 1.38 bits per heavy atom. The fourth-order valence-corrected chi connectivity index (χ4v) is 2.66. The van der Waals surface area contributed by atoms with Gasteiger partial charge in [-0.2, -0.15) is 13.2 Å². The van der Waals surface area contributed by atoms with Crippen molar-refractivity contribution < 1.29 is 23.1 Å². The number of carboxylic acids is 1. The van der Waals surface area contributed by atoms with E-state index in [1.165, 1.54) is 12.1 Å². The van der Waals surface area contributed by atoms with Crippen LogP contribution in [0.4, 0.5) is 13.2 Å². The fraction of sp³-hybridized carbons (Fsp3) is 0.500. The van der Waals surface area contributed by atoms with Crippen LogP contribution in [0.3, 0.4) is 0 Å². The van der Waals surface area contributed by atoms with Gasteiger partial charge in [0.25, 0.3) is 0 Å². The van der Waals surface area contributed by atoms with E-state index in [4.69, 9.17) is 10.8 Å². The van der Waals surface area contributed by atoms with Gasteiger partial charge in [0, 0.05) is 19.1 Å². The van der Waals surface area contributed by atoms with Gasteiger partial charge in [-0.1, -0.05) is 12.1 Å². The molecule has 0 aliphatic carbocycles. The third kappa shape index (κ3) is 3.54. The molecule has 116 valence electrons. The number of carbonyl (C=O) groups is 1. The molecule has 0 unspecified atom stereocenters. The summed E-state index contributed by atoms with van der Waals surface area (Å²) in [6, 6.07) is 4.63. The highest BCUT2D eigenvalue weighted by Gasteiger charge is 2.33. The van der Waals surface area contributed by atoms with Crippen LogP contribution < -0.4 is 5.73 Å². The number of hydrogen-bond donors (Lipinski definition) is 2. The van der Waals surface area contributed by atoms with Gasteiger partial charge >= 0.3 is 12.1 Å². The number of carboxylic acid groups (broad SMARTS) is 1. The van der Waals surface area contributed by atoms with Gasteiger partial charge in [0.05, 0.1) is 11.5 Å². The lowest BCUT2D eigenvalue weighted by molar-refractivity contribution is -0.141. The molecule has 0 radical (unpaired) electrons. The third-order valence-electron chi connectivity index (χ3n) is 3.86. The highest BCUT2D eigenvalue weighted by Crippen LogP contribution is 2.32. The van der Waals surface area contributed by atoms with Crippen LogP contribution in [0.1, 0.15) is 23.6 Å². The van der Waals surface area contributed by atoms with Crippen LogP contribution in [0.25, 0.3) is 0 Å². The average molecular weight is 302 g/mol. The minimum Gasteiger partial charge on any atom is -0.481 e. The number of hydrogen-bond acceptors (Lipinski definition) is 3. The number of alkyl halides is 3. The van der Waals surface area contributed by atoms with Gasteiger partial charge < -0.3 is 10.8 Å². The largest absolute Gasteiger partial charge is 0.481 e. The van der Waals surface area contributed by atoms with Crippen molar-refractivity contribution in [1.29, 1.82) is 0 Å². The van der Waals surface area contributed by atoms with Gasteiger partial charge in [-0.25, -0.2) is 0 Å². The monoisotopic (exact) mass is 302 g/mol. The molecule has 0 aromatic heterocycles. The molecule has 1 heterocycles. The van der Waals surface area contributed by atoms with Crippen molar-refractivity contribution in [2.24, 2.45) is 11.7 Å². The molecule has 7 heteroatoms. The number of nitrogens with two attached hydrogens (primary N) is 1. The second-order valence-electron chi connectivity index (χ2n) is 5.19. The lowest BCUT2D eigenvalue weighted by Crippen LogP contribution is -2.33. The topological polar surface area (TPSA) is 66.6 Å². The summed E-state index contributed by atoms with van der Waals surface area (Å²) in [5.41, 5.74) is 5.69. The molecule has 3 N–H and O–H groups in total. The smallest absolute Gasteiger partial charge is 0.416 e. The SMILES string of the molecule is NC[C@@H](c1ccc(C(F)(F)F)cc1)N1CC[C@@H](C(=O)O)C1. The molecule has 1 saturated heterocycles. The van der Waals surface area contributed by atoms with E-state index in [2.05, 4.69) is 0 Å². The first kappa shape index (κ1) is 15.8. The maximum atomic E-state index is 12.5. The summed E-state index contributed by atoms with van der Waals surface area (Å²) in [5, 5.41) is 9.00. The van der Waals surface area contributed by atoms with Gasteiger partial charge in [0.2, 0.25) is 0 Å². The van der Waals surface area contributed by atoms with Crippen LogP contribution in [0.5, 0.6) is 0 Å². The normalized spacial score (nSPS) is 21.4. The maximum Gasteiger partial charge on any atom is 0.416 e. The number of likely N-dealkylation sites (tertiary alicyclic amines) is 1. The van der Waals surface area contributed by atoms with Gasteiger partial charge in [-0.05, 0) is 30.7 Å². The summed E-state index contributed by atoms with van der Waals surface area (Å²) in [7, 11) is 0. The minimum atomic E-state index is -4.36. The van der Waals surface area contributed by atoms with Gasteiger partial charge in [-0.3, -0.25) is 9.69 Å². The Hall–Kier alpha value is -1.60. The highest BCUT2D eigenvalue weighted by molar-refractivity contribution is 5.70. The summed E-state index contributed by atoms with van der Waals surface area (Å²) in [6.45, 7) is 1.19. The van der Waals surface area contributed by atoms with Crippen LogP contribution >= 0.6 is 0 Å². The van der Waals surface area contributed by atoms with Crippen molar-refractivity contribution in [2.75, 3.05) is 19.6 Å². The molecule has 1 aliphatic heterocycles. The van der Waals surface area contributed by atoms with Crippen molar-refractivity contribution in [1.82, 2.24) is 4.90 Å². The number of halogens is 3.